The summed E-state index contributed by atoms with van der Waals surface area (Å²) < 4.78 is 4.99. The Morgan fingerprint density at radius 2 is 2.06 bits per heavy atom. The average molecular weight is 227 g/mol. The van der Waals surface area contributed by atoms with E-state index < -0.39 is 23.5 Å². The molecule has 0 aliphatic rings. The highest BCUT2D eigenvalue weighted by atomic mass is 16.6. The van der Waals surface area contributed by atoms with E-state index in [0.29, 0.717) is 6.42 Å². The van der Waals surface area contributed by atoms with E-state index in [1.807, 2.05) is 0 Å². The van der Waals surface area contributed by atoms with E-state index in [-0.39, 0.29) is 0 Å². The molecule has 1 atom stereocenters. The largest absolute Gasteiger partial charge is 0.444 e. The third kappa shape index (κ3) is 5.93. The predicted octanol–water partition coefficient (Wildman–Crippen LogP) is 1.16. The number of amides is 1. The molecule has 1 amide bonds. The Morgan fingerprint density at radius 3 is 2.44 bits per heavy atom. The van der Waals surface area contributed by atoms with Crippen molar-refractivity contribution in [3.8, 4) is 0 Å². The number of carbonyl (C=O) groups is 2. The smallest absolute Gasteiger partial charge is 0.408 e. The highest BCUT2D eigenvalue weighted by molar-refractivity contribution is 6.28. The monoisotopic (exact) mass is 227 g/mol. The summed E-state index contributed by atoms with van der Waals surface area (Å²) in [5.41, 5.74) is 7.59. The first-order chi connectivity index (χ1) is 7.30. The molecule has 0 radical (unpaired) electrons. The number of ketones is 1. The second kappa shape index (κ2) is 6.02. The zero-order valence-electron chi connectivity index (χ0n) is 9.98. The van der Waals surface area contributed by atoms with Gasteiger partial charge in [-0.1, -0.05) is 6.92 Å². The van der Waals surface area contributed by atoms with Gasteiger partial charge in [0.15, 0.2) is 0 Å². The first-order valence-electron chi connectivity index (χ1n) is 5.01. The molecule has 0 saturated heterocycles. The number of nitrogens with one attached hydrogen (secondary N) is 1. The number of ether oxygens (including phenoxy) is 1. The predicted molar refractivity (Wildman–Crippen MR) is 58.1 cm³/mol. The van der Waals surface area contributed by atoms with Crippen LogP contribution in [-0.2, 0) is 9.53 Å². The van der Waals surface area contributed by atoms with Crippen molar-refractivity contribution in [1.82, 2.24) is 5.32 Å². The van der Waals surface area contributed by atoms with Gasteiger partial charge in [0.25, 0.3) is 5.78 Å². The Morgan fingerprint density at radius 1 is 1.50 bits per heavy atom. The van der Waals surface area contributed by atoms with Crippen LogP contribution in [0.25, 0.3) is 5.53 Å². The molecule has 0 bridgehead atoms. The number of Topliss-reactive ketones (excluding diaryl/α,β-unsaturated/α-hetero) is 1. The lowest BCUT2D eigenvalue weighted by Gasteiger charge is -2.21. The van der Waals surface area contributed by atoms with Crippen LogP contribution in [0.2, 0.25) is 0 Å². The molecule has 6 nitrogen and oxygen atoms in total. The van der Waals surface area contributed by atoms with Crippen LogP contribution in [0, 0.1) is 0 Å². The molecule has 0 unspecified atom stereocenters. The minimum absolute atomic E-state index is 0.393. The van der Waals surface area contributed by atoms with Crippen molar-refractivity contribution < 1.29 is 19.1 Å². The molecule has 0 aromatic carbocycles. The fourth-order valence-corrected chi connectivity index (χ4v) is 0.971. The van der Waals surface area contributed by atoms with Gasteiger partial charge in [-0.2, -0.15) is 4.79 Å². The highest BCUT2D eigenvalue weighted by Gasteiger charge is 2.23. The molecular formula is C10H17N3O3. The van der Waals surface area contributed by atoms with E-state index in [4.69, 9.17) is 10.3 Å². The van der Waals surface area contributed by atoms with Gasteiger partial charge in [0, 0.05) is 0 Å². The van der Waals surface area contributed by atoms with Crippen molar-refractivity contribution in [2.45, 2.75) is 45.8 Å². The van der Waals surface area contributed by atoms with Gasteiger partial charge in [-0.15, -0.1) is 0 Å². The molecule has 0 aliphatic heterocycles. The van der Waals surface area contributed by atoms with Crippen LogP contribution in [0.3, 0.4) is 0 Å². The van der Waals surface area contributed by atoms with Crippen molar-refractivity contribution in [3.63, 3.8) is 0 Å². The van der Waals surface area contributed by atoms with Crippen molar-refractivity contribution in [2.75, 3.05) is 0 Å². The number of hydrogen-bond donors (Lipinski definition) is 1. The molecule has 0 heterocycles. The van der Waals surface area contributed by atoms with Crippen molar-refractivity contribution >= 4 is 18.1 Å². The average Bonchev–Trinajstić information content (AvgIpc) is 2.11. The van der Waals surface area contributed by atoms with Crippen LogP contribution < -0.4 is 5.32 Å². The van der Waals surface area contributed by atoms with Crippen molar-refractivity contribution in [1.29, 1.82) is 0 Å². The SMILES string of the molecule is CC[C@H](NC(=O)OC(C)(C)C)C(=O)C=[N+]=[N-]. The van der Waals surface area contributed by atoms with Crippen LogP contribution in [0.15, 0.2) is 0 Å². The summed E-state index contributed by atoms with van der Waals surface area (Å²) in [6.45, 7) is 6.91. The van der Waals surface area contributed by atoms with Crippen LogP contribution in [-0.4, -0.2) is 34.5 Å². The van der Waals surface area contributed by atoms with Crippen LogP contribution in [0.1, 0.15) is 34.1 Å². The molecule has 0 aliphatic carbocycles. The summed E-state index contributed by atoms with van der Waals surface area (Å²) in [7, 11) is 0. The Kier molecular flexibility index (Phi) is 5.39. The number of alkyl carbamates (subject to hydrolysis) is 1. The molecule has 0 fully saturated rings. The summed E-state index contributed by atoms with van der Waals surface area (Å²) in [5.74, 6) is -0.476. The van der Waals surface area contributed by atoms with Crippen molar-refractivity contribution in [2.24, 2.45) is 0 Å². The minimum atomic E-state index is -0.731. The van der Waals surface area contributed by atoms with Gasteiger partial charge in [0.05, 0.1) is 0 Å². The maximum atomic E-state index is 11.3. The topological polar surface area (TPSA) is 91.8 Å². The lowest BCUT2D eigenvalue weighted by Crippen LogP contribution is -2.43. The van der Waals surface area contributed by atoms with Gasteiger partial charge < -0.3 is 15.6 Å². The maximum absolute atomic E-state index is 11.3. The minimum Gasteiger partial charge on any atom is -0.444 e. The molecule has 0 aromatic rings. The van der Waals surface area contributed by atoms with Crippen LogP contribution >= 0.6 is 0 Å². The van der Waals surface area contributed by atoms with Gasteiger partial charge in [-0.25, -0.2) is 4.79 Å². The van der Waals surface area contributed by atoms with E-state index in [0.717, 1.165) is 6.21 Å². The normalized spacial score (nSPS) is 12.2. The Labute approximate surface area is 94.6 Å². The second-order valence-electron chi connectivity index (χ2n) is 4.25. The van der Waals surface area contributed by atoms with E-state index in [1.54, 1.807) is 27.7 Å². The molecule has 6 heteroatoms. The quantitative estimate of drug-likeness (QED) is 0.443. The lowest BCUT2D eigenvalue weighted by atomic mass is 10.1. The zero-order chi connectivity index (χ0) is 12.8. The summed E-state index contributed by atoms with van der Waals surface area (Å²) in [6.07, 6.45) is 0.481. The Bertz CT molecular complexity index is 314. The standard InChI is InChI=1S/C10H17N3O3/c1-5-7(8(14)6-12-11)13-9(15)16-10(2,3)4/h6-7H,5H2,1-4H3,(H,13,15)/t7-/m0/s1. The Hall–Kier alpha value is -1.68. The number of rotatable bonds is 4. The van der Waals surface area contributed by atoms with E-state index in [9.17, 15) is 9.59 Å². The van der Waals surface area contributed by atoms with E-state index >= 15 is 0 Å². The summed E-state index contributed by atoms with van der Waals surface area (Å²) >= 11 is 0. The molecular weight excluding hydrogens is 210 g/mol. The first-order valence-corrected chi connectivity index (χ1v) is 5.01. The summed E-state index contributed by atoms with van der Waals surface area (Å²) in [6, 6.07) is -0.731. The van der Waals surface area contributed by atoms with E-state index in [1.165, 1.54) is 0 Å². The lowest BCUT2D eigenvalue weighted by molar-refractivity contribution is -0.118. The van der Waals surface area contributed by atoms with Gasteiger partial charge in [-0.05, 0) is 27.2 Å². The number of carbonyl (C=O) groups excluding carboxylic acids is 2. The van der Waals surface area contributed by atoms with Gasteiger partial charge in [0.1, 0.15) is 11.6 Å². The molecule has 0 spiro atoms. The maximum Gasteiger partial charge on any atom is 0.408 e. The number of nitrogens with zero attached hydrogens (tertiary/aromatic N) is 2. The van der Waals surface area contributed by atoms with Gasteiger partial charge in [0.2, 0.25) is 0 Å². The second-order valence-corrected chi connectivity index (χ2v) is 4.25. The van der Waals surface area contributed by atoms with Crippen molar-refractivity contribution in [3.05, 3.63) is 5.53 Å². The summed E-state index contributed by atoms with van der Waals surface area (Å²) in [4.78, 5) is 25.3. The summed E-state index contributed by atoms with van der Waals surface area (Å²) in [5, 5.41) is 2.39. The van der Waals surface area contributed by atoms with Gasteiger partial charge >= 0.3 is 12.3 Å². The zero-order valence-corrected chi connectivity index (χ0v) is 9.98. The molecule has 0 aromatic heterocycles. The third-order valence-electron chi connectivity index (χ3n) is 1.63. The molecule has 0 rings (SSSR count). The van der Waals surface area contributed by atoms with Crippen LogP contribution in [0.5, 0.6) is 0 Å². The molecule has 1 N–H and O–H groups in total. The third-order valence-corrected chi connectivity index (χ3v) is 1.63. The molecule has 90 valence electrons. The number of hydrogen-bond acceptors (Lipinski definition) is 3. The first kappa shape index (κ1) is 14.3. The molecule has 16 heavy (non-hydrogen) atoms. The molecule has 0 saturated carbocycles. The van der Waals surface area contributed by atoms with E-state index in [2.05, 4.69) is 10.1 Å². The van der Waals surface area contributed by atoms with Crippen LogP contribution in [0.4, 0.5) is 4.79 Å². The Balaban J connectivity index is 4.39. The fourth-order valence-electron chi connectivity index (χ4n) is 0.971. The highest BCUT2D eigenvalue weighted by Crippen LogP contribution is 2.07. The fraction of sp³-hybridized carbons (Fsp3) is 0.700. The van der Waals surface area contributed by atoms with Gasteiger partial charge in [-0.3, -0.25) is 4.79 Å².